The number of nitrogens with zero attached hydrogens (tertiary/aromatic N) is 7. The highest BCUT2D eigenvalue weighted by Gasteiger charge is 2.32. The van der Waals surface area contributed by atoms with Gasteiger partial charge in [0.15, 0.2) is 0 Å². The second-order valence-corrected chi connectivity index (χ2v) is 16.6. The van der Waals surface area contributed by atoms with Crippen LogP contribution >= 0.6 is 0 Å². The molecule has 2 aliphatic heterocycles. The van der Waals surface area contributed by atoms with Crippen molar-refractivity contribution in [3.05, 3.63) is 160 Å². The predicted octanol–water partition coefficient (Wildman–Crippen LogP) is 8.34. The minimum atomic E-state index is -0.463. The van der Waals surface area contributed by atoms with Gasteiger partial charge in [0.05, 0.1) is 18.3 Å². The Hall–Kier alpha value is -6.46. The average molecular weight is 820 g/mol. The Labute approximate surface area is 358 Å². The molecule has 11 heteroatoms. The number of carbonyl (C=O) groups excluding carboxylic acids is 2. The molecule has 0 saturated carbocycles. The molecule has 2 aromatic heterocycles. The summed E-state index contributed by atoms with van der Waals surface area (Å²) >= 11 is 0. The van der Waals surface area contributed by atoms with Gasteiger partial charge in [-0.2, -0.15) is 5.10 Å². The first-order valence-electron chi connectivity index (χ1n) is 20.9. The molecule has 0 saturated heterocycles. The third-order valence-corrected chi connectivity index (χ3v) is 12.2. The Morgan fingerprint density at radius 2 is 1.64 bits per heavy atom. The summed E-state index contributed by atoms with van der Waals surface area (Å²) in [7, 11) is 7.84. The maximum absolute atomic E-state index is 15.3. The van der Waals surface area contributed by atoms with Crippen molar-refractivity contribution in [1.29, 1.82) is 0 Å². The van der Waals surface area contributed by atoms with E-state index >= 15 is 9.18 Å². The van der Waals surface area contributed by atoms with Crippen LogP contribution in [-0.2, 0) is 51.2 Å². The molecule has 0 N–H and O–H groups in total. The summed E-state index contributed by atoms with van der Waals surface area (Å²) in [6.45, 7) is 11.3. The van der Waals surface area contributed by atoms with Crippen LogP contribution in [0.5, 0.6) is 5.75 Å². The summed E-state index contributed by atoms with van der Waals surface area (Å²) in [6.07, 6.45) is 5.10. The van der Waals surface area contributed by atoms with Gasteiger partial charge in [-0.15, -0.1) is 0 Å². The van der Waals surface area contributed by atoms with Crippen molar-refractivity contribution >= 4 is 28.9 Å². The van der Waals surface area contributed by atoms with Gasteiger partial charge in [-0.1, -0.05) is 55.1 Å². The second-order valence-electron chi connectivity index (χ2n) is 16.6. The fourth-order valence-electron chi connectivity index (χ4n) is 8.63. The second kappa shape index (κ2) is 17.3. The van der Waals surface area contributed by atoms with Gasteiger partial charge in [0, 0.05) is 98.0 Å². The zero-order chi connectivity index (χ0) is 42.9. The molecule has 61 heavy (non-hydrogen) atoms. The maximum atomic E-state index is 15.3. The number of likely N-dealkylation sites (N-methyl/N-ethyl adjacent to an activating group) is 1. The van der Waals surface area contributed by atoms with E-state index in [1.54, 1.807) is 21.7 Å². The number of fused-ring (bicyclic) bond motifs is 2. The lowest BCUT2D eigenvalue weighted by molar-refractivity contribution is -0.131. The number of anilines is 2. The van der Waals surface area contributed by atoms with Crippen LogP contribution in [0.2, 0.25) is 0 Å². The van der Waals surface area contributed by atoms with E-state index in [9.17, 15) is 4.79 Å². The van der Waals surface area contributed by atoms with Crippen LogP contribution in [0.15, 0.2) is 110 Å². The van der Waals surface area contributed by atoms with Crippen LogP contribution in [-0.4, -0.2) is 80.7 Å². The number of aryl methyl sites for hydroxylation is 1. The molecule has 4 heterocycles. The van der Waals surface area contributed by atoms with E-state index in [0.717, 1.165) is 62.7 Å². The summed E-state index contributed by atoms with van der Waals surface area (Å²) < 4.78 is 24.9. The minimum Gasteiger partial charge on any atom is -0.492 e. The molecular formula is C50H54FN7O3. The van der Waals surface area contributed by atoms with Crippen LogP contribution in [0.4, 0.5) is 15.8 Å². The summed E-state index contributed by atoms with van der Waals surface area (Å²) in [5.41, 5.74) is 11.6. The van der Waals surface area contributed by atoms with Gasteiger partial charge in [-0.05, 0) is 105 Å². The van der Waals surface area contributed by atoms with Crippen molar-refractivity contribution in [2.24, 2.45) is 14.1 Å². The van der Waals surface area contributed by atoms with Crippen LogP contribution < -0.4 is 9.64 Å². The topological polar surface area (TPSA) is 79.1 Å². The summed E-state index contributed by atoms with van der Waals surface area (Å²) in [6, 6.07) is 29.4. The molecule has 0 fully saturated rings. The fourth-order valence-corrected chi connectivity index (χ4v) is 8.63. The number of rotatable bonds is 12. The summed E-state index contributed by atoms with van der Waals surface area (Å²) in [5.74, 6) is -0.246. The van der Waals surface area contributed by atoms with Gasteiger partial charge in [-0.3, -0.25) is 14.3 Å². The Balaban J connectivity index is 1.14. The number of hydrogen-bond acceptors (Lipinski definition) is 6. The van der Waals surface area contributed by atoms with Crippen molar-refractivity contribution in [3.8, 4) is 17.0 Å². The molecule has 6 aromatic rings. The van der Waals surface area contributed by atoms with E-state index in [1.165, 1.54) is 11.6 Å². The zero-order valence-electron chi connectivity index (χ0n) is 36.0. The van der Waals surface area contributed by atoms with E-state index in [-0.39, 0.29) is 24.3 Å². The van der Waals surface area contributed by atoms with Gasteiger partial charge in [0.25, 0.3) is 5.91 Å². The van der Waals surface area contributed by atoms with E-state index < -0.39 is 5.82 Å². The molecule has 2 aliphatic rings. The summed E-state index contributed by atoms with van der Waals surface area (Å²) in [4.78, 5) is 36.8. The van der Waals surface area contributed by atoms with Crippen LogP contribution in [0.3, 0.4) is 0 Å². The Bertz CT molecular complexity index is 2610. The molecule has 0 aliphatic carbocycles. The number of amides is 2. The molecule has 10 nitrogen and oxygen atoms in total. The third-order valence-electron chi connectivity index (χ3n) is 12.2. The largest absolute Gasteiger partial charge is 0.492 e. The molecule has 0 radical (unpaired) electrons. The molecule has 0 unspecified atom stereocenters. The van der Waals surface area contributed by atoms with E-state index in [1.807, 2.05) is 80.7 Å². The number of para-hydroxylation sites is 1. The lowest BCUT2D eigenvalue weighted by Crippen LogP contribution is -2.43. The van der Waals surface area contributed by atoms with Gasteiger partial charge < -0.3 is 28.9 Å². The lowest BCUT2D eigenvalue weighted by Gasteiger charge is -2.36. The van der Waals surface area contributed by atoms with Gasteiger partial charge in [-0.25, -0.2) is 4.39 Å². The monoisotopic (exact) mass is 819 g/mol. The first-order chi connectivity index (χ1) is 29.4. The molecule has 2 amide bonds. The van der Waals surface area contributed by atoms with Crippen molar-refractivity contribution < 1.29 is 18.7 Å². The van der Waals surface area contributed by atoms with Crippen molar-refractivity contribution in [3.63, 3.8) is 0 Å². The molecular weight excluding hydrogens is 766 g/mol. The SMILES string of the molecule is C=C(c1cc(-c2cc3c(cc2C(=O)N2Cc4ccccc4C[C@H]2C)CN(C(=O)Cc2ccc(OCCN(C)C)cc2F)CC3)n(C)c1C)N(c1ccccc1)c1cnn(C)c1. The van der Waals surface area contributed by atoms with Crippen molar-refractivity contribution in [2.45, 2.75) is 52.2 Å². The van der Waals surface area contributed by atoms with E-state index in [0.29, 0.717) is 56.1 Å². The number of halogens is 1. The minimum absolute atomic E-state index is 0.0200. The molecule has 4 aromatic carbocycles. The van der Waals surface area contributed by atoms with E-state index in [4.69, 9.17) is 4.74 Å². The molecule has 0 bridgehead atoms. The third kappa shape index (κ3) is 8.48. The Kier molecular flexibility index (Phi) is 11.7. The van der Waals surface area contributed by atoms with Crippen LogP contribution in [0, 0.1) is 12.7 Å². The van der Waals surface area contributed by atoms with Gasteiger partial charge in [0.1, 0.15) is 18.2 Å². The quantitative estimate of drug-likeness (QED) is 0.124. The van der Waals surface area contributed by atoms with Crippen LogP contribution in [0.1, 0.15) is 56.4 Å². The smallest absolute Gasteiger partial charge is 0.255 e. The molecule has 1 atom stereocenters. The number of carbonyl (C=O) groups is 2. The van der Waals surface area contributed by atoms with Gasteiger partial charge in [0.2, 0.25) is 5.91 Å². The molecule has 8 rings (SSSR count). The Morgan fingerprint density at radius 1 is 0.885 bits per heavy atom. The normalized spacial score (nSPS) is 14.8. The zero-order valence-corrected chi connectivity index (χ0v) is 36.0. The highest BCUT2D eigenvalue weighted by Crippen LogP contribution is 2.40. The van der Waals surface area contributed by atoms with E-state index in [2.05, 4.69) is 77.5 Å². The van der Waals surface area contributed by atoms with Crippen LogP contribution in [0.25, 0.3) is 17.0 Å². The molecule has 0 spiro atoms. The average Bonchev–Trinajstić information content (AvgIpc) is 3.81. The Morgan fingerprint density at radius 3 is 2.36 bits per heavy atom. The predicted molar refractivity (Wildman–Crippen MR) is 239 cm³/mol. The number of hydrogen-bond donors (Lipinski definition) is 0. The van der Waals surface area contributed by atoms with Crippen molar-refractivity contribution in [1.82, 2.24) is 29.0 Å². The highest BCUT2D eigenvalue weighted by atomic mass is 19.1. The lowest BCUT2D eigenvalue weighted by atomic mass is 9.89. The first-order valence-corrected chi connectivity index (χ1v) is 20.9. The number of benzene rings is 4. The highest BCUT2D eigenvalue weighted by molar-refractivity contribution is 6.02. The number of aromatic nitrogens is 3. The fraction of sp³-hybridized carbons (Fsp3) is 0.300. The van der Waals surface area contributed by atoms with Crippen molar-refractivity contribution in [2.75, 3.05) is 38.7 Å². The first kappa shape index (κ1) is 41.3. The number of ether oxygens (including phenoxy) is 1. The summed E-state index contributed by atoms with van der Waals surface area (Å²) in [5, 5.41) is 4.47. The standard InChI is InChI=1S/C50H54FN7O3/c1-33-23-36-13-11-12-14-39(36)31-57(33)50(60)46-25-40-30-56(49(59)26-38-17-18-43(27-47(38)51)61-22-21-53(4)5)20-19-37(40)24-45(46)48-28-44(34(2)55(48)7)35(3)58(41-15-9-8-10-16-41)42-29-52-54(6)32-42/h8-18,24-25,27-29,32-33H,3,19-23,26,30-31H2,1-2,4-7H3/t33-/m1/s1. The maximum Gasteiger partial charge on any atom is 0.255 e. The molecule has 314 valence electrons. The van der Waals surface area contributed by atoms with Gasteiger partial charge >= 0.3 is 0 Å².